The van der Waals surface area contributed by atoms with Gasteiger partial charge in [-0.15, -0.1) is 11.3 Å². The van der Waals surface area contributed by atoms with Gasteiger partial charge in [-0.2, -0.15) is 0 Å². The molecular formula is C18H11ClN2O4S. The molecule has 0 fully saturated rings. The van der Waals surface area contributed by atoms with E-state index in [4.69, 9.17) is 11.6 Å². The zero-order valence-corrected chi connectivity index (χ0v) is 14.7. The third kappa shape index (κ3) is 3.96. The first-order valence-corrected chi connectivity index (χ1v) is 8.59. The molecule has 0 radical (unpaired) electrons. The Hall–Kier alpha value is -3.03. The highest BCUT2D eigenvalue weighted by atomic mass is 35.5. The Morgan fingerprint density at radius 3 is 2.69 bits per heavy atom. The van der Waals surface area contributed by atoms with Crippen LogP contribution in [-0.4, -0.2) is 15.7 Å². The van der Waals surface area contributed by atoms with E-state index in [1.807, 2.05) is 0 Å². The number of H-pyrrole nitrogens is 1. The number of para-hydroxylation sites is 1. The fourth-order valence-electron chi connectivity index (χ4n) is 2.29. The van der Waals surface area contributed by atoms with Crippen LogP contribution in [0.1, 0.15) is 15.9 Å². The number of thiazole rings is 1. The van der Waals surface area contributed by atoms with Crippen LogP contribution in [0.4, 0.5) is 5.69 Å². The molecule has 1 heterocycles. The van der Waals surface area contributed by atoms with Crippen LogP contribution >= 0.6 is 22.9 Å². The van der Waals surface area contributed by atoms with E-state index in [-0.39, 0.29) is 16.0 Å². The van der Waals surface area contributed by atoms with Gasteiger partial charge in [-0.3, -0.25) is 19.7 Å². The highest BCUT2D eigenvalue weighted by molar-refractivity contribution is 7.07. The first-order valence-electron chi connectivity index (χ1n) is 7.40. The molecule has 3 rings (SSSR count). The molecule has 0 aliphatic carbocycles. The van der Waals surface area contributed by atoms with Gasteiger partial charge < -0.3 is 4.98 Å². The fourth-order valence-corrected chi connectivity index (χ4v) is 3.35. The first-order chi connectivity index (χ1) is 12.4. The van der Waals surface area contributed by atoms with E-state index in [1.54, 1.807) is 36.4 Å². The zero-order chi connectivity index (χ0) is 18.7. The molecule has 0 unspecified atom stereocenters. The minimum Gasteiger partial charge on any atom is -0.313 e. The summed E-state index contributed by atoms with van der Waals surface area (Å²) in [5.41, 5.74) is 0.202. The van der Waals surface area contributed by atoms with Crippen molar-refractivity contribution in [3.8, 4) is 0 Å². The fraction of sp³-hybridized carbons (Fsp3) is 0. The van der Waals surface area contributed by atoms with E-state index in [2.05, 4.69) is 4.98 Å². The molecule has 0 saturated heterocycles. The van der Waals surface area contributed by atoms with Gasteiger partial charge in [-0.1, -0.05) is 35.9 Å². The lowest BCUT2D eigenvalue weighted by Gasteiger charge is -1.95. The van der Waals surface area contributed by atoms with E-state index in [0.29, 0.717) is 20.8 Å². The molecule has 0 aliphatic rings. The summed E-state index contributed by atoms with van der Waals surface area (Å²) in [6, 6.07) is 12.6. The molecule has 8 heteroatoms. The van der Waals surface area contributed by atoms with Crippen LogP contribution in [-0.2, 0) is 0 Å². The van der Waals surface area contributed by atoms with Crippen molar-refractivity contribution in [2.45, 2.75) is 0 Å². The van der Waals surface area contributed by atoms with Gasteiger partial charge in [0.25, 0.3) is 11.2 Å². The Bertz CT molecular complexity index is 1180. The second-order valence-corrected chi connectivity index (χ2v) is 6.78. The number of nitrogens with one attached hydrogen (secondary N) is 1. The third-order valence-corrected chi connectivity index (χ3v) is 4.67. The van der Waals surface area contributed by atoms with Crippen LogP contribution in [0.2, 0.25) is 5.02 Å². The predicted molar refractivity (Wildman–Crippen MR) is 101 cm³/mol. The van der Waals surface area contributed by atoms with Gasteiger partial charge >= 0.3 is 0 Å². The van der Waals surface area contributed by atoms with E-state index >= 15 is 0 Å². The molecular weight excluding hydrogens is 376 g/mol. The maximum atomic E-state index is 12.3. The SMILES string of the molecule is O=C(/C=c1/[nH]c(=O)/c(=C/c2ccccc2[N+](=O)[O-])s1)c1cccc(Cl)c1. The number of hydrogen-bond acceptors (Lipinski definition) is 5. The molecule has 0 atom stereocenters. The number of carbonyl (C=O) groups is 1. The van der Waals surface area contributed by atoms with Crippen LogP contribution in [0.15, 0.2) is 53.3 Å². The number of benzene rings is 2. The van der Waals surface area contributed by atoms with Gasteiger partial charge in [0.1, 0.15) is 0 Å². The predicted octanol–water partition coefficient (Wildman–Crippen LogP) is 2.49. The molecule has 6 nitrogen and oxygen atoms in total. The number of nitrogens with zero attached hydrogens (tertiary/aromatic N) is 1. The molecule has 0 amide bonds. The number of nitro groups is 1. The maximum Gasteiger partial charge on any atom is 0.276 e. The van der Waals surface area contributed by atoms with Crippen LogP contribution in [0, 0.1) is 10.1 Å². The molecule has 0 aliphatic heterocycles. The molecule has 2 aromatic carbocycles. The Balaban J connectivity index is 2.04. The van der Waals surface area contributed by atoms with Crippen molar-refractivity contribution >= 4 is 46.6 Å². The minimum absolute atomic E-state index is 0.0965. The number of aromatic nitrogens is 1. The number of aromatic amines is 1. The number of carbonyl (C=O) groups excluding carboxylic acids is 1. The topological polar surface area (TPSA) is 93.1 Å². The second-order valence-electron chi connectivity index (χ2n) is 5.26. The Morgan fingerprint density at radius 2 is 1.96 bits per heavy atom. The van der Waals surface area contributed by atoms with E-state index in [9.17, 15) is 19.7 Å². The lowest BCUT2D eigenvalue weighted by molar-refractivity contribution is -0.385. The van der Waals surface area contributed by atoms with Gasteiger partial charge in [0.05, 0.1) is 19.7 Å². The molecule has 3 aromatic rings. The Kier molecular flexibility index (Phi) is 5.11. The van der Waals surface area contributed by atoms with E-state index in [0.717, 1.165) is 11.3 Å². The molecule has 130 valence electrons. The van der Waals surface area contributed by atoms with Crippen LogP contribution < -0.4 is 14.8 Å². The monoisotopic (exact) mass is 386 g/mol. The number of hydrogen-bond donors (Lipinski definition) is 1. The van der Waals surface area contributed by atoms with Crippen LogP contribution in [0.5, 0.6) is 0 Å². The third-order valence-electron chi connectivity index (χ3n) is 3.47. The summed E-state index contributed by atoms with van der Waals surface area (Å²) in [5, 5.41) is 11.5. The highest BCUT2D eigenvalue weighted by Gasteiger charge is 2.10. The Morgan fingerprint density at radius 1 is 1.19 bits per heavy atom. The summed E-state index contributed by atoms with van der Waals surface area (Å²) >= 11 is 6.92. The molecule has 0 spiro atoms. The lowest BCUT2D eigenvalue weighted by atomic mass is 10.1. The smallest absolute Gasteiger partial charge is 0.276 e. The summed E-state index contributed by atoms with van der Waals surface area (Å²) in [6.07, 6.45) is 2.73. The molecule has 0 saturated carbocycles. The average molecular weight is 387 g/mol. The van der Waals surface area contributed by atoms with Crippen molar-refractivity contribution in [3.63, 3.8) is 0 Å². The maximum absolute atomic E-state index is 12.3. The van der Waals surface area contributed by atoms with Crippen molar-refractivity contribution in [3.05, 3.63) is 94.3 Å². The average Bonchev–Trinajstić information content (AvgIpc) is 2.94. The highest BCUT2D eigenvalue weighted by Crippen LogP contribution is 2.17. The van der Waals surface area contributed by atoms with Crippen molar-refractivity contribution in [1.82, 2.24) is 4.98 Å². The normalized spacial score (nSPS) is 12.3. The molecule has 26 heavy (non-hydrogen) atoms. The summed E-state index contributed by atoms with van der Waals surface area (Å²) in [5.74, 6) is -0.303. The van der Waals surface area contributed by atoms with Crippen molar-refractivity contribution < 1.29 is 9.72 Å². The number of Topliss-reactive ketones (excluding diaryl/α,β-unsaturated/α-hetero) is 1. The second kappa shape index (κ2) is 7.47. The first kappa shape index (κ1) is 17.8. The van der Waals surface area contributed by atoms with Crippen LogP contribution in [0.25, 0.3) is 12.2 Å². The number of halogens is 1. The summed E-state index contributed by atoms with van der Waals surface area (Å²) in [4.78, 5) is 37.5. The standard InChI is InChI=1S/C18H11ClN2O4S/c19-13-6-3-5-12(8-13)15(22)10-17-20-18(23)16(26-17)9-11-4-1-2-7-14(11)21(24)25/h1-10H,(H,20,23)/b16-9-,17-10-. The van der Waals surface area contributed by atoms with E-state index in [1.165, 1.54) is 24.3 Å². The van der Waals surface area contributed by atoms with Crippen molar-refractivity contribution in [1.29, 1.82) is 0 Å². The van der Waals surface area contributed by atoms with Gasteiger partial charge in [0, 0.05) is 22.7 Å². The minimum atomic E-state index is -0.511. The largest absolute Gasteiger partial charge is 0.313 e. The van der Waals surface area contributed by atoms with Gasteiger partial charge in [0.2, 0.25) is 0 Å². The molecule has 1 N–H and O–H groups in total. The van der Waals surface area contributed by atoms with Gasteiger partial charge in [-0.25, -0.2) is 0 Å². The summed E-state index contributed by atoms with van der Waals surface area (Å²) < 4.78 is 0.620. The molecule has 1 aromatic heterocycles. The molecule has 0 bridgehead atoms. The lowest BCUT2D eigenvalue weighted by Crippen LogP contribution is -2.20. The number of nitro benzene ring substituents is 1. The van der Waals surface area contributed by atoms with E-state index < -0.39 is 10.5 Å². The Labute approximate surface area is 155 Å². The quantitative estimate of drug-likeness (QED) is 0.423. The summed E-state index contributed by atoms with van der Waals surface area (Å²) in [7, 11) is 0. The summed E-state index contributed by atoms with van der Waals surface area (Å²) in [6.45, 7) is 0. The van der Waals surface area contributed by atoms with Crippen molar-refractivity contribution in [2.24, 2.45) is 0 Å². The van der Waals surface area contributed by atoms with Gasteiger partial charge in [0.15, 0.2) is 5.78 Å². The number of ketones is 1. The zero-order valence-electron chi connectivity index (χ0n) is 13.1. The van der Waals surface area contributed by atoms with Crippen molar-refractivity contribution in [2.75, 3.05) is 0 Å². The number of rotatable bonds is 4. The van der Waals surface area contributed by atoms with Gasteiger partial charge in [-0.05, 0) is 24.3 Å². The van der Waals surface area contributed by atoms with Crippen LogP contribution in [0.3, 0.4) is 0 Å².